The number of alkyl carbamates (subject to hydrolysis) is 1. The molecule has 0 bridgehead atoms. The van der Waals surface area contributed by atoms with Gasteiger partial charge < -0.3 is 19.7 Å². The summed E-state index contributed by atoms with van der Waals surface area (Å²) in [4.78, 5) is 43.5. The number of halogens is 1. The fraction of sp³-hybridized carbons (Fsp3) is 0.316. The molecule has 0 radical (unpaired) electrons. The van der Waals surface area contributed by atoms with Gasteiger partial charge in [-0.15, -0.1) is 0 Å². The predicted octanol–water partition coefficient (Wildman–Crippen LogP) is 13.0. The molecule has 1 N–H and O–H groups in total. The van der Waals surface area contributed by atoms with Gasteiger partial charge in [-0.1, -0.05) is 168 Å². The first kappa shape index (κ1) is 45.4. The SMILES string of the molecule is Cc1ccc(C(OC(=O)CCCCC2=CC(CC[C@H](NC(=O)OCC3c4ccccc4-c4ccccc43)C(=O)N3CCCCC3)=CCC=C2)(C2=CCC=CC=C2)c2ccccc2Cl)cc1. The monoisotopic (exact) mass is 886 g/mol. The third-order valence-electron chi connectivity index (χ3n) is 13.0. The van der Waals surface area contributed by atoms with E-state index in [1.807, 2.05) is 103 Å². The smallest absolute Gasteiger partial charge is 0.407 e. The van der Waals surface area contributed by atoms with Crippen LogP contribution in [0.15, 0.2) is 168 Å². The molecule has 8 heteroatoms. The van der Waals surface area contributed by atoms with E-state index in [1.165, 1.54) is 11.1 Å². The summed E-state index contributed by atoms with van der Waals surface area (Å²) in [5.41, 5.74) is 9.20. The van der Waals surface area contributed by atoms with Crippen molar-refractivity contribution in [2.45, 2.75) is 95.1 Å². The highest BCUT2D eigenvalue weighted by molar-refractivity contribution is 6.31. The van der Waals surface area contributed by atoms with Gasteiger partial charge in [0.1, 0.15) is 12.6 Å². The molecule has 1 unspecified atom stereocenters. The highest BCUT2D eigenvalue weighted by atomic mass is 35.5. The predicted molar refractivity (Wildman–Crippen MR) is 261 cm³/mol. The maximum Gasteiger partial charge on any atom is 0.407 e. The number of carbonyl (C=O) groups excluding carboxylic acids is 3. The Balaban J connectivity index is 0.900. The largest absolute Gasteiger partial charge is 0.449 e. The molecule has 65 heavy (non-hydrogen) atoms. The Hall–Kier alpha value is -6.18. The normalized spacial score (nSPS) is 17.0. The van der Waals surface area contributed by atoms with E-state index in [0.29, 0.717) is 43.8 Å². The molecule has 0 spiro atoms. The van der Waals surface area contributed by atoms with Crippen LogP contribution >= 0.6 is 11.6 Å². The van der Waals surface area contributed by atoms with Crippen molar-refractivity contribution in [1.82, 2.24) is 10.2 Å². The molecule has 0 saturated carbocycles. The topological polar surface area (TPSA) is 84.9 Å². The molecule has 1 aliphatic heterocycles. The number of ether oxygens (including phenoxy) is 2. The van der Waals surface area contributed by atoms with E-state index >= 15 is 0 Å². The summed E-state index contributed by atoms with van der Waals surface area (Å²) < 4.78 is 12.6. The number of unbranched alkanes of at least 4 members (excludes halogenated alkanes) is 1. The molecule has 0 aromatic heterocycles. The number of aryl methyl sites for hydroxylation is 1. The second kappa shape index (κ2) is 21.7. The van der Waals surface area contributed by atoms with E-state index in [1.54, 1.807) is 0 Å². The first-order valence-corrected chi connectivity index (χ1v) is 23.7. The van der Waals surface area contributed by atoms with Crippen molar-refractivity contribution in [2.24, 2.45) is 0 Å². The number of likely N-dealkylation sites (tertiary alicyclic amines) is 1. The Morgan fingerprint density at radius 1 is 0.769 bits per heavy atom. The summed E-state index contributed by atoms with van der Waals surface area (Å²) >= 11 is 6.93. The number of rotatable bonds is 16. The first-order valence-electron chi connectivity index (χ1n) is 23.3. The van der Waals surface area contributed by atoms with Crippen LogP contribution in [-0.4, -0.2) is 48.6 Å². The Morgan fingerprint density at radius 3 is 2.23 bits per heavy atom. The van der Waals surface area contributed by atoms with Crippen molar-refractivity contribution in [2.75, 3.05) is 19.7 Å². The van der Waals surface area contributed by atoms with Gasteiger partial charge in [0.2, 0.25) is 5.91 Å². The highest BCUT2D eigenvalue weighted by Gasteiger charge is 2.43. The van der Waals surface area contributed by atoms with Crippen LogP contribution in [0.25, 0.3) is 11.1 Å². The number of benzene rings is 4. The molecule has 2 atom stereocenters. The Labute approximate surface area is 389 Å². The van der Waals surface area contributed by atoms with E-state index in [-0.39, 0.29) is 30.8 Å². The van der Waals surface area contributed by atoms with Crippen molar-refractivity contribution in [1.29, 1.82) is 0 Å². The minimum absolute atomic E-state index is 0.0504. The van der Waals surface area contributed by atoms with Gasteiger partial charge in [0.15, 0.2) is 5.60 Å². The molecule has 8 rings (SSSR count). The van der Waals surface area contributed by atoms with E-state index in [9.17, 15) is 14.4 Å². The zero-order valence-electron chi connectivity index (χ0n) is 37.4. The zero-order valence-corrected chi connectivity index (χ0v) is 38.1. The summed E-state index contributed by atoms with van der Waals surface area (Å²) in [6.45, 7) is 3.63. The number of esters is 1. The maximum atomic E-state index is 14.0. The average Bonchev–Trinajstić information content (AvgIpc) is 3.54. The number of nitrogens with one attached hydrogen (secondary N) is 1. The van der Waals surface area contributed by atoms with Crippen LogP contribution < -0.4 is 5.32 Å². The second-order valence-electron chi connectivity index (χ2n) is 17.5. The molecule has 1 heterocycles. The van der Waals surface area contributed by atoms with Gasteiger partial charge in [0.05, 0.1) is 0 Å². The zero-order chi connectivity index (χ0) is 45.0. The first-order chi connectivity index (χ1) is 31.8. The van der Waals surface area contributed by atoms with Gasteiger partial charge in [-0.05, 0) is 105 Å². The van der Waals surface area contributed by atoms with Crippen molar-refractivity contribution in [3.63, 3.8) is 0 Å². The van der Waals surface area contributed by atoms with Gasteiger partial charge in [-0.3, -0.25) is 9.59 Å². The van der Waals surface area contributed by atoms with Gasteiger partial charge in [-0.2, -0.15) is 0 Å². The third kappa shape index (κ3) is 10.9. The molecule has 4 aliphatic rings. The lowest BCUT2D eigenvalue weighted by Gasteiger charge is -2.37. The number of fused-ring (bicyclic) bond motifs is 3. The fourth-order valence-corrected chi connectivity index (χ4v) is 9.91. The lowest BCUT2D eigenvalue weighted by molar-refractivity contribution is -0.153. The van der Waals surface area contributed by atoms with Crippen molar-refractivity contribution in [3.05, 3.63) is 201 Å². The second-order valence-corrected chi connectivity index (χ2v) is 17.9. The molecule has 334 valence electrons. The summed E-state index contributed by atoms with van der Waals surface area (Å²) in [7, 11) is 0. The van der Waals surface area contributed by atoms with Crippen molar-refractivity contribution >= 4 is 29.6 Å². The van der Waals surface area contributed by atoms with Crippen LogP contribution in [0.1, 0.15) is 104 Å². The van der Waals surface area contributed by atoms with Crippen LogP contribution in [0, 0.1) is 6.92 Å². The lowest BCUT2D eigenvalue weighted by atomic mass is 9.78. The molecular weight excluding hydrogens is 828 g/mol. The van der Waals surface area contributed by atoms with Crippen molar-refractivity contribution in [3.8, 4) is 11.1 Å². The van der Waals surface area contributed by atoms with Crippen molar-refractivity contribution < 1.29 is 23.9 Å². The Morgan fingerprint density at radius 2 is 1.48 bits per heavy atom. The van der Waals surface area contributed by atoms with Gasteiger partial charge in [0.25, 0.3) is 0 Å². The number of amides is 2. The lowest BCUT2D eigenvalue weighted by Crippen LogP contribution is -2.50. The minimum atomic E-state index is -1.23. The molecule has 4 aromatic rings. The van der Waals surface area contributed by atoms with Gasteiger partial charge in [0, 0.05) is 47.2 Å². The average molecular weight is 888 g/mol. The Bertz CT molecular complexity index is 2500. The van der Waals surface area contributed by atoms with Gasteiger partial charge in [-0.25, -0.2) is 4.79 Å². The number of allylic oxidation sites excluding steroid dienone is 10. The molecule has 1 saturated heterocycles. The molecular formula is C57H59ClN2O5. The van der Waals surface area contributed by atoms with Crippen LogP contribution in [0.4, 0.5) is 4.79 Å². The summed E-state index contributed by atoms with van der Waals surface area (Å²) in [6, 6.07) is 31.6. The number of piperidine rings is 1. The highest BCUT2D eigenvalue weighted by Crippen LogP contribution is 2.46. The number of nitrogens with zero attached hydrogens (tertiary/aromatic N) is 1. The fourth-order valence-electron chi connectivity index (χ4n) is 9.65. The number of hydrogen-bond donors (Lipinski definition) is 1. The molecule has 1 fully saturated rings. The van der Waals surface area contributed by atoms with E-state index in [2.05, 4.69) is 66.0 Å². The van der Waals surface area contributed by atoms with Crippen LogP contribution in [0.5, 0.6) is 0 Å². The maximum absolute atomic E-state index is 14.0. The quantitative estimate of drug-likeness (QED) is 0.0895. The standard InChI is InChI=1S/C57H59ClN2O5/c1-41-31-34-45(35-32-41)57(44-22-5-2-3-6-23-44,51-28-14-15-29-52(51)58)65-54(61)30-16-9-20-42-19-7-8-21-43(39-42)33-36-53(55(62)60-37-17-4-18-38-60)59-56(63)64-40-50-48-26-12-10-24-46(48)47-25-11-13-27-49(47)50/h2-3,5,7,10-15,19,21-29,31-32,34-35,39,50,53H,4,6,8-9,16-18,20,30,33,36-38,40H2,1H3,(H,59,63)/t53-,57?/m0/s1. The third-order valence-corrected chi connectivity index (χ3v) is 13.3. The summed E-state index contributed by atoms with van der Waals surface area (Å²) in [5.74, 6) is -0.413. The molecule has 2 amide bonds. The molecule has 3 aliphatic carbocycles. The van der Waals surface area contributed by atoms with Crippen LogP contribution in [-0.2, 0) is 24.7 Å². The minimum Gasteiger partial charge on any atom is -0.449 e. The molecule has 7 nitrogen and oxygen atoms in total. The van der Waals surface area contributed by atoms with E-state index < -0.39 is 17.7 Å². The van der Waals surface area contributed by atoms with Crippen LogP contribution in [0.3, 0.4) is 0 Å². The van der Waals surface area contributed by atoms with Crippen LogP contribution in [0.2, 0.25) is 5.02 Å². The summed E-state index contributed by atoms with van der Waals surface area (Å²) in [5, 5.41) is 3.52. The molecule has 4 aromatic carbocycles. The van der Waals surface area contributed by atoms with E-state index in [0.717, 1.165) is 83.1 Å². The van der Waals surface area contributed by atoms with E-state index in [4.69, 9.17) is 21.1 Å². The number of hydrogen-bond acceptors (Lipinski definition) is 5. The van der Waals surface area contributed by atoms with Gasteiger partial charge >= 0.3 is 12.1 Å². The number of carbonyl (C=O) groups is 3. The Kier molecular flexibility index (Phi) is 15.1. The summed E-state index contributed by atoms with van der Waals surface area (Å²) in [6.07, 6.45) is 26.4.